The van der Waals surface area contributed by atoms with E-state index >= 15 is 0 Å². The van der Waals surface area contributed by atoms with Gasteiger partial charge < -0.3 is 26.1 Å². The van der Waals surface area contributed by atoms with Crippen molar-refractivity contribution in [3.63, 3.8) is 0 Å². The van der Waals surface area contributed by atoms with E-state index in [9.17, 15) is 5.11 Å². The van der Waals surface area contributed by atoms with Crippen molar-refractivity contribution in [3.05, 3.63) is 0 Å². The van der Waals surface area contributed by atoms with E-state index in [0.29, 0.717) is 6.54 Å². The summed E-state index contributed by atoms with van der Waals surface area (Å²) < 4.78 is 6.20. The molecule has 0 fully saturated rings. The average molecular weight is 336 g/mol. The molecule has 0 radical (unpaired) electrons. The summed E-state index contributed by atoms with van der Waals surface area (Å²) >= 11 is 0. The van der Waals surface area contributed by atoms with Gasteiger partial charge in [-0.25, -0.2) is 0 Å². The highest BCUT2D eigenvalue weighted by molar-refractivity contribution is 6.75. The van der Waals surface area contributed by atoms with Crippen molar-refractivity contribution in [2.24, 2.45) is 11.5 Å². The molecule has 0 saturated carbocycles. The van der Waals surface area contributed by atoms with Crippen molar-refractivity contribution < 1.29 is 14.6 Å². The molecule has 0 rings (SSSR count). The zero-order chi connectivity index (χ0) is 17.8. The summed E-state index contributed by atoms with van der Waals surface area (Å²) in [6.45, 7) is 14.9. The van der Waals surface area contributed by atoms with Crippen LogP contribution < -0.4 is 11.5 Å². The summed E-state index contributed by atoms with van der Waals surface area (Å²) in [5.74, 6) is 0. The number of nitrogens with zero attached hydrogens (tertiary/aromatic N) is 1. The lowest BCUT2D eigenvalue weighted by Crippen LogP contribution is -2.65. The van der Waals surface area contributed by atoms with Gasteiger partial charge in [-0.15, -0.1) is 0 Å². The molecule has 2 unspecified atom stereocenters. The van der Waals surface area contributed by atoms with Gasteiger partial charge in [-0.3, -0.25) is 4.90 Å². The van der Waals surface area contributed by atoms with Gasteiger partial charge in [0.05, 0.1) is 18.4 Å². The maximum Gasteiger partial charge on any atom is 0.212 e. The molecule has 0 aliphatic heterocycles. The highest BCUT2D eigenvalue weighted by Crippen LogP contribution is 2.27. The monoisotopic (exact) mass is 335 g/mol. The quantitative estimate of drug-likeness (QED) is 0.344. The van der Waals surface area contributed by atoms with Crippen LogP contribution in [0, 0.1) is 0 Å². The highest BCUT2D eigenvalue weighted by Gasteiger charge is 2.45. The molecular formula is C15H37N3O3Si. The first-order valence-electron chi connectivity index (χ1n) is 8.03. The molecule has 6 N–H and O–H groups in total. The second-order valence-electron chi connectivity index (χ2n) is 7.83. The first-order chi connectivity index (χ1) is 9.72. The number of rotatable bonds is 10. The molecule has 7 heteroatoms. The van der Waals surface area contributed by atoms with Crippen molar-refractivity contribution >= 4 is 8.32 Å². The van der Waals surface area contributed by atoms with E-state index in [0.717, 1.165) is 12.6 Å². The molecule has 134 valence electrons. The molecule has 0 saturated heterocycles. The van der Waals surface area contributed by atoms with Gasteiger partial charge in [0.2, 0.25) is 8.32 Å². The SMILES string of the molecule is CC(C)N(CC[Si](C)(OC(C)(C)N)C(C)(C)N)CC(O)CO. The number of aliphatic hydroxyl groups is 2. The minimum absolute atomic E-state index is 0.230. The fourth-order valence-electron chi connectivity index (χ4n) is 2.33. The van der Waals surface area contributed by atoms with E-state index < -0.39 is 25.3 Å². The van der Waals surface area contributed by atoms with Gasteiger partial charge in [0.15, 0.2) is 0 Å². The third-order valence-corrected chi connectivity index (χ3v) is 8.99. The molecule has 0 spiro atoms. The fraction of sp³-hybridized carbons (Fsp3) is 1.00. The van der Waals surface area contributed by atoms with Gasteiger partial charge in [0, 0.05) is 17.7 Å². The van der Waals surface area contributed by atoms with E-state index in [4.69, 9.17) is 21.0 Å². The van der Waals surface area contributed by atoms with Crippen LogP contribution in [-0.4, -0.2) is 66.2 Å². The maximum absolute atomic E-state index is 9.70. The molecule has 0 aromatic rings. The predicted molar refractivity (Wildman–Crippen MR) is 93.8 cm³/mol. The largest absolute Gasteiger partial charge is 0.398 e. The van der Waals surface area contributed by atoms with E-state index in [1.54, 1.807) is 0 Å². The van der Waals surface area contributed by atoms with Gasteiger partial charge in [-0.05, 0) is 60.7 Å². The van der Waals surface area contributed by atoms with E-state index in [1.165, 1.54) is 0 Å². The Morgan fingerprint density at radius 1 is 1.18 bits per heavy atom. The van der Waals surface area contributed by atoms with E-state index in [-0.39, 0.29) is 12.6 Å². The molecular weight excluding hydrogens is 298 g/mol. The van der Waals surface area contributed by atoms with Crippen LogP contribution in [0.4, 0.5) is 0 Å². The van der Waals surface area contributed by atoms with Crippen LogP contribution in [0.5, 0.6) is 0 Å². The molecule has 2 atom stereocenters. The van der Waals surface area contributed by atoms with Crippen molar-refractivity contribution in [1.29, 1.82) is 0 Å². The van der Waals surface area contributed by atoms with Crippen molar-refractivity contribution in [2.45, 2.75) is 77.2 Å². The lowest BCUT2D eigenvalue weighted by Gasteiger charge is -2.44. The minimum atomic E-state index is -2.29. The summed E-state index contributed by atoms with van der Waals surface area (Å²) in [5, 5.41) is 18.3. The zero-order valence-electron chi connectivity index (χ0n) is 15.4. The Kier molecular flexibility index (Phi) is 8.18. The van der Waals surface area contributed by atoms with Crippen LogP contribution in [0.1, 0.15) is 41.5 Å². The molecule has 0 bridgehead atoms. The Hall–Kier alpha value is -0.0231. The summed E-state index contributed by atoms with van der Waals surface area (Å²) in [5.41, 5.74) is 11.7. The van der Waals surface area contributed by atoms with Crippen molar-refractivity contribution in [1.82, 2.24) is 4.90 Å². The molecule has 0 aromatic carbocycles. The van der Waals surface area contributed by atoms with Crippen LogP contribution >= 0.6 is 0 Å². The van der Waals surface area contributed by atoms with Crippen LogP contribution in [0.2, 0.25) is 12.6 Å². The lowest BCUT2D eigenvalue weighted by atomic mass is 10.2. The number of nitrogens with two attached hydrogens (primary N) is 2. The van der Waals surface area contributed by atoms with Gasteiger partial charge >= 0.3 is 0 Å². The maximum atomic E-state index is 9.70. The normalized spacial score (nSPS) is 17.9. The van der Waals surface area contributed by atoms with Crippen LogP contribution in [0.3, 0.4) is 0 Å². The predicted octanol–water partition coefficient (Wildman–Crippen LogP) is 0.613. The molecule has 0 aromatic heterocycles. The molecule has 0 heterocycles. The van der Waals surface area contributed by atoms with Crippen molar-refractivity contribution in [2.75, 3.05) is 19.7 Å². The third-order valence-electron chi connectivity index (χ3n) is 4.11. The Morgan fingerprint density at radius 3 is 2.00 bits per heavy atom. The topological polar surface area (TPSA) is 105 Å². The fourth-order valence-corrected chi connectivity index (χ4v) is 5.22. The Bertz CT molecular complexity index is 329. The van der Waals surface area contributed by atoms with Crippen molar-refractivity contribution in [3.8, 4) is 0 Å². The minimum Gasteiger partial charge on any atom is -0.398 e. The second kappa shape index (κ2) is 8.19. The number of hydrogen-bond acceptors (Lipinski definition) is 6. The summed E-state index contributed by atoms with van der Waals surface area (Å²) in [4.78, 5) is 2.14. The van der Waals surface area contributed by atoms with Crippen LogP contribution in [0.25, 0.3) is 0 Å². The highest BCUT2D eigenvalue weighted by atomic mass is 28.4. The van der Waals surface area contributed by atoms with Gasteiger partial charge in [0.25, 0.3) is 0 Å². The standard InChI is InChI=1S/C15H37N3O3Si/c1-12(2)18(10-13(20)11-19)8-9-22(7,15(5,6)17)21-14(3,4)16/h12-13,19-20H,8-11,16-17H2,1-7H3. The molecule has 0 aliphatic carbocycles. The van der Waals surface area contributed by atoms with Gasteiger partial charge in [-0.1, -0.05) is 0 Å². The molecule has 0 amide bonds. The summed E-state index contributed by atoms with van der Waals surface area (Å²) in [6, 6.07) is 1.08. The Morgan fingerprint density at radius 2 is 1.68 bits per heavy atom. The smallest absolute Gasteiger partial charge is 0.212 e. The molecule has 0 aliphatic rings. The zero-order valence-corrected chi connectivity index (χ0v) is 16.4. The van der Waals surface area contributed by atoms with E-state index in [1.807, 2.05) is 27.7 Å². The Balaban J connectivity index is 5.00. The number of hydrogen-bond donors (Lipinski definition) is 4. The Labute approximate surface area is 136 Å². The lowest BCUT2D eigenvalue weighted by molar-refractivity contribution is 0.0492. The second-order valence-corrected chi connectivity index (χ2v) is 12.3. The summed E-state index contributed by atoms with van der Waals surface area (Å²) in [7, 11) is -2.29. The summed E-state index contributed by atoms with van der Waals surface area (Å²) in [6.07, 6.45) is -0.729. The first kappa shape index (κ1) is 22.0. The average Bonchev–Trinajstić information content (AvgIpc) is 2.30. The number of aliphatic hydroxyl groups excluding tert-OH is 2. The third kappa shape index (κ3) is 7.50. The van der Waals surface area contributed by atoms with Crippen LogP contribution in [-0.2, 0) is 4.43 Å². The van der Waals surface area contributed by atoms with E-state index in [2.05, 4.69) is 25.3 Å². The van der Waals surface area contributed by atoms with Crippen LogP contribution in [0.15, 0.2) is 0 Å². The molecule has 6 nitrogen and oxygen atoms in total. The first-order valence-corrected chi connectivity index (χ1v) is 10.6. The molecule has 22 heavy (non-hydrogen) atoms. The van der Waals surface area contributed by atoms with Gasteiger partial charge in [-0.2, -0.15) is 0 Å². The van der Waals surface area contributed by atoms with Gasteiger partial charge in [0.1, 0.15) is 0 Å².